The Kier molecular flexibility index (Phi) is 2.79. The van der Waals surface area contributed by atoms with E-state index < -0.39 is 0 Å². The summed E-state index contributed by atoms with van der Waals surface area (Å²) < 4.78 is 4.52. The molecule has 0 spiro atoms. The molecule has 5 heteroatoms. The largest absolute Gasteiger partial charge is 0.298 e. The summed E-state index contributed by atoms with van der Waals surface area (Å²) in [7, 11) is 0. The van der Waals surface area contributed by atoms with Crippen LogP contribution in [0.1, 0.15) is 36.2 Å². The van der Waals surface area contributed by atoms with Crippen molar-refractivity contribution in [1.82, 2.24) is 9.78 Å². The Labute approximate surface area is 124 Å². The molecule has 0 aromatic carbocycles. The fraction of sp³-hybridized carbons (Fsp3) is 0.333. The molecule has 0 amide bonds. The van der Waals surface area contributed by atoms with Crippen molar-refractivity contribution in [3.05, 3.63) is 29.3 Å². The van der Waals surface area contributed by atoms with Gasteiger partial charge in [0.25, 0.3) is 0 Å². The highest BCUT2D eigenvalue weighted by Crippen LogP contribution is 2.41. The summed E-state index contributed by atoms with van der Waals surface area (Å²) in [6.07, 6.45) is 5.38. The molecule has 1 saturated carbocycles. The third-order valence-corrected chi connectivity index (χ3v) is 6.08. The summed E-state index contributed by atoms with van der Waals surface area (Å²) in [5.41, 5.74) is 1.53. The second-order valence-electron chi connectivity index (χ2n) is 5.37. The lowest BCUT2D eigenvalue weighted by Crippen LogP contribution is -2.07. The average molecular weight is 302 g/mol. The molecule has 0 radical (unpaired) electrons. The highest BCUT2D eigenvalue weighted by Gasteiger charge is 2.30. The van der Waals surface area contributed by atoms with Crippen LogP contribution in [-0.2, 0) is 0 Å². The second-order valence-corrected chi connectivity index (χ2v) is 7.40. The number of carbonyl (C=O) groups excluding carboxylic acids is 1. The van der Waals surface area contributed by atoms with Gasteiger partial charge in [0.1, 0.15) is 5.69 Å². The number of hydrogen-bond donors (Lipinski definition) is 0. The molecule has 0 saturated heterocycles. The minimum absolute atomic E-state index is 0.392. The van der Waals surface area contributed by atoms with Crippen molar-refractivity contribution in [1.29, 1.82) is 0 Å². The van der Waals surface area contributed by atoms with Crippen LogP contribution in [0.15, 0.2) is 23.7 Å². The van der Waals surface area contributed by atoms with Crippen LogP contribution in [0.4, 0.5) is 0 Å². The summed E-state index contributed by atoms with van der Waals surface area (Å²) in [6, 6.07) is 4.66. The lowest BCUT2D eigenvalue weighted by atomic mass is 10.2. The van der Waals surface area contributed by atoms with E-state index in [1.54, 1.807) is 22.7 Å². The Morgan fingerprint density at radius 3 is 3.00 bits per heavy atom. The first-order chi connectivity index (χ1) is 9.76. The molecule has 1 atom stereocenters. The molecule has 102 valence electrons. The Balaban J connectivity index is 1.79. The SMILES string of the molecule is CC(C1CC1)n1cc(C=O)c(-c2cc3sccc3s2)n1. The van der Waals surface area contributed by atoms with Gasteiger partial charge in [-0.25, -0.2) is 0 Å². The van der Waals surface area contributed by atoms with Crippen molar-refractivity contribution in [3.63, 3.8) is 0 Å². The number of thiophene rings is 2. The summed E-state index contributed by atoms with van der Waals surface area (Å²) in [6.45, 7) is 2.19. The minimum atomic E-state index is 0.392. The molecule has 1 aliphatic rings. The third kappa shape index (κ3) is 1.93. The van der Waals surface area contributed by atoms with Gasteiger partial charge >= 0.3 is 0 Å². The molecule has 3 aromatic heterocycles. The van der Waals surface area contributed by atoms with Crippen molar-refractivity contribution in [3.8, 4) is 10.6 Å². The van der Waals surface area contributed by atoms with E-state index in [0.717, 1.165) is 22.8 Å². The number of aromatic nitrogens is 2. The predicted octanol–water partition coefficient (Wildman–Crippen LogP) is 4.61. The van der Waals surface area contributed by atoms with Gasteiger partial charge in [-0.3, -0.25) is 9.48 Å². The fourth-order valence-electron chi connectivity index (χ4n) is 2.57. The van der Waals surface area contributed by atoms with Crippen molar-refractivity contribution in [2.75, 3.05) is 0 Å². The number of nitrogens with zero attached hydrogens (tertiary/aromatic N) is 2. The van der Waals surface area contributed by atoms with Gasteiger partial charge in [-0.2, -0.15) is 5.10 Å². The quantitative estimate of drug-likeness (QED) is 0.660. The zero-order chi connectivity index (χ0) is 13.7. The second kappa shape index (κ2) is 4.53. The molecule has 0 aliphatic heterocycles. The average Bonchev–Trinajstić information content (AvgIpc) is 2.88. The van der Waals surface area contributed by atoms with Gasteiger partial charge in [0.15, 0.2) is 6.29 Å². The first kappa shape index (κ1) is 12.3. The van der Waals surface area contributed by atoms with Crippen molar-refractivity contribution in [2.24, 2.45) is 5.92 Å². The van der Waals surface area contributed by atoms with Crippen LogP contribution in [0, 0.1) is 5.92 Å². The molecule has 1 unspecified atom stereocenters. The maximum Gasteiger partial charge on any atom is 0.153 e. The Hall–Kier alpha value is -1.46. The lowest BCUT2D eigenvalue weighted by Gasteiger charge is -2.09. The van der Waals surface area contributed by atoms with E-state index in [-0.39, 0.29) is 0 Å². The molecule has 4 rings (SSSR count). The van der Waals surface area contributed by atoms with Crippen molar-refractivity contribution in [2.45, 2.75) is 25.8 Å². The van der Waals surface area contributed by atoms with Crippen molar-refractivity contribution < 1.29 is 4.79 Å². The summed E-state index contributed by atoms with van der Waals surface area (Å²) in [5, 5.41) is 6.78. The van der Waals surface area contributed by atoms with Crippen LogP contribution in [0.25, 0.3) is 20.0 Å². The van der Waals surface area contributed by atoms with Gasteiger partial charge in [-0.05, 0) is 43.2 Å². The highest BCUT2D eigenvalue weighted by atomic mass is 32.1. The number of aldehydes is 1. The smallest absolute Gasteiger partial charge is 0.153 e. The maximum absolute atomic E-state index is 11.3. The van der Waals surface area contributed by atoms with Gasteiger partial charge in [0, 0.05) is 15.6 Å². The zero-order valence-corrected chi connectivity index (χ0v) is 12.7. The van der Waals surface area contributed by atoms with E-state index >= 15 is 0 Å². The van der Waals surface area contributed by atoms with Gasteiger partial charge < -0.3 is 0 Å². The number of hydrogen-bond acceptors (Lipinski definition) is 4. The van der Waals surface area contributed by atoms with Crippen LogP contribution in [-0.4, -0.2) is 16.1 Å². The number of fused-ring (bicyclic) bond motifs is 1. The van der Waals surface area contributed by atoms with E-state index in [4.69, 9.17) is 0 Å². The molecule has 20 heavy (non-hydrogen) atoms. The predicted molar refractivity (Wildman–Crippen MR) is 83.7 cm³/mol. The van der Waals surface area contributed by atoms with E-state index in [1.165, 1.54) is 22.2 Å². The topological polar surface area (TPSA) is 34.9 Å². The van der Waals surface area contributed by atoms with Crippen LogP contribution >= 0.6 is 22.7 Å². The molecular weight excluding hydrogens is 288 g/mol. The molecule has 3 heterocycles. The summed E-state index contributed by atoms with van der Waals surface area (Å²) in [4.78, 5) is 12.4. The third-order valence-electron chi connectivity index (χ3n) is 3.98. The van der Waals surface area contributed by atoms with Crippen LogP contribution in [0.5, 0.6) is 0 Å². The lowest BCUT2D eigenvalue weighted by molar-refractivity contribution is 0.112. The van der Waals surface area contributed by atoms with Crippen LogP contribution < -0.4 is 0 Å². The Bertz CT molecular complexity index is 750. The minimum Gasteiger partial charge on any atom is -0.298 e. The monoisotopic (exact) mass is 302 g/mol. The standard InChI is InChI=1S/C15H14N2OS2/c1-9(10-2-3-10)17-7-11(8-18)15(16-17)14-6-13-12(20-14)4-5-19-13/h4-10H,2-3H2,1H3. The highest BCUT2D eigenvalue weighted by molar-refractivity contribution is 7.28. The first-order valence-electron chi connectivity index (χ1n) is 6.78. The summed E-state index contributed by atoms with van der Waals surface area (Å²) >= 11 is 3.44. The molecule has 3 nitrogen and oxygen atoms in total. The van der Waals surface area contributed by atoms with E-state index in [2.05, 4.69) is 29.5 Å². The molecule has 1 fully saturated rings. The first-order valence-corrected chi connectivity index (χ1v) is 8.47. The van der Waals surface area contributed by atoms with E-state index in [0.29, 0.717) is 11.6 Å². The molecular formula is C15H14N2OS2. The van der Waals surface area contributed by atoms with Crippen LogP contribution in [0.3, 0.4) is 0 Å². The fourth-order valence-corrected chi connectivity index (χ4v) is 4.68. The molecule has 0 bridgehead atoms. The van der Waals surface area contributed by atoms with Gasteiger partial charge in [0.2, 0.25) is 0 Å². The molecule has 0 N–H and O–H groups in total. The number of rotatable bonds is 4. The Morgan fingerprint density at radius 1 is 1.45 bits per heavy atom. The van der Waals surface area contributed by atoms with Crippen molar-refractivity contribution >= 4 is 38.4 Å². The normalized spacial score (nSPS) is 16.6. The van der Waals surface area contributed by atoms with Gasteiger partial charge in [0.05, 0.1) is 16.5 Å². The maximum atomic E-state index is 11.3. The number of carbonyl (C=O) groups is 1. The summed E-state index contributed by atoms with van der Waals surface area (Å²) in [5.74, 6) is 0.731. The molecule has 3 aromatic rings. The van der Waals surface area contributed by atoms with Crippen LogP contribution in [0.2, 0.25) is 0 Å². The van der Waals surface area contributed by atoms with E-state index in [9.17, 15) is 4.79 Å². The van der Waals surface area contributed by atoms with Gasteiger partial charge in [-0.15, -0.1) is 22.7 Å². The zero-order valence-electron chi connectivity index (χ0n) is 11.1. The van der Waals surface area contributed by atoms with Gasteiger partial charge in [-0.1, -0.05) is 0 Å². The molecule has 1 aliphatic carbocycles. The Morgan fingerprint density at radius 2 is 2.30 bits per heavy atom. The van der Waals surface area contributed by atoms with E-state index in [1.807, 2.05) is 10.9 Å².